The highest BCUT2D eigenvalue weighted by atomic mass is 35.5. The summed E-state index contributed by atoms with van der Waals surface area (Å²) in [5.41, 5.74) is 2.33. The summed E-state index contributed by atoms with van der Waals surface area (Å²) >= 11 is 14.2. The van der Waals surface area contributed by atoms with Gasteiger partial charge in [-0.05, 0) is 63.2 Å². The van der Waals surface area contributed by atoms with E-state index in [-0.39, 0.29) is 11.6 Å². The van der Waals surface area contributed by atoms with Crippen molar-refractivity contribution in [2.24, 2.45) is 5.41 Å². The lowest BCUT2D eigenvalue weighted by Gasteiger charge is -2.32. The summed E-state index contributed by atoms with van der Waals surface area (Å²) in [6.07, 6.45) is 6.76. The molecule has 1 aliphatic rings. The second-order valence-corrected chi connectivity index (χ2v) is 12.2. The zero-order valence-electron chi connectivity index (χ0n) is 21.8. The predicted octanol–water partition coefficient (Wildman–Crippen LogP) is 5.51. The minimum atomic E-state index is -0.513. The molecule has 0 unspecified atom stereocenters. The van der Waals surface area contributed by atoms with E-state index in [1.54, 1.807) is 6.20 Å². The quantitative estimate of drug-likeness (QED) is 0.280. The van der Waals surface area contributed by atoms with Crippen molar-refractivity contribution >= 4 is 55.7 Å². The molecule has 8 nitrogen and oxygen atoms in total. The molecule has 5 aromatic rings. The number of nitriles is 1. The average Bonchev–Trinajstić information content (AvgIpc) is 3.56. The maximum atomic E-state index is 12.9. The van der Waals surface area contributed by atoms with Gasteiger partial charge in [0, 0.05) is 58.1 Å². The van der Waals surface area contributed by atoms with Crippen molar-refractivity contribution in [3.63, 3.8) is 0 Å². The smallest absolute Gasteiger partial charge is 0.331 e. The van der Waals surface area contributed by atoms with Gasteiger partial charge < -0.3 is 9.88 Å². The molecule has 1 aliphatic heterocycles. The number of nitrogens with one attached hydrogen (secondary N) is 1. The number of aryl methyl sites for hydroxylation is 1. The molecule has 1 saturated heterocycles. The van der Waals surface area contributed by atoms with Crippen LogP contribution in [0.25, 0.3) is 32.2 Å². The van der Waals surface area contributed by atoms with Crippen LogP contribution in [0.3, 0.4) is 0 Å². The number of hydrogen-bond donors (Lipinski definition) is 1. The Balaban J connectivity index is 1.48. The van der Waals surface area contributed by atoms with Crippen molar-refractivity contribution in [1.82, 2.24) is 24.0 Å². The first-order valence-corrected chi connectivity index (χ1v) is 14.7. The maximum absolute atomic E-state index is 12.9. The molecule has 0 aliphatic carbocycles. The summed E-state index contributed by atoms with van der Waals surface area (Å²) in [6, 6.07) is 12.4. The third kappa shape index (κ3) is 4.65. The van der Waals surface area contributed by atoms with Gasteiger partial charge in [0.1, 0.15) is 5.02 Å². The molecule has 40 heavy (non-hydrogen) atoms. The number of fused-ring (bicyclic) bond motifs is 2. The summed E-state index contributed by atoms with van der Waals surface area (Å²) in [6.45, 7) is 4.58. The minimum absolute atomic E-state index is 0.00680. The molecule has 1 fully saturated rings. The number of aromatic nitrogens is 4. The summed E-state index contributed by atoms with van der Waals surface area (Å²) in [4.78, 5) is 31.0. The molecule has 0 bridgehead atoms. The molecule has 0 saturated carbocycles. The zero-order valence-corrected chi connectivity index (χ0v) is 24.1. The number of thiophene rings is 1. The van der Waals surface area contributed by atoms with Gasteiger partial charge in [0.05, 0.1) is 33.8 Å². The van der Waals surface area contributed by atoms with Gasteiger partial charge in [0.25, 0.3) is 5.56 Å². The van der Waals surface area contributed by atoms with E-state index in [1.807, 2.05) is 43.5 Å². The van der Waals surface area contributed by atoms with Crippen LogP contribution in [-0.4, -0.2) is 31.8 Å². The number of halogens is 2. The van der Waals surface area contributed by atoms with E-state index in [4.69, 9.17) is 23.2 Å². The van der Waals surface area contributed by atoms with Crippen LogP contribution in [0.5, 0.6) is 0 Å². The van der Waals surface area contributed by atoms with E-state index < -0.39 is 16.7 Å². The third-order valence-corrected chi connectivity index (χ3v) is 9.32. The minimum Gasteiger partial charge on any atom is -0.345 e. The van der Waals surface area contributed by atoms with Crippen LogP contribution in [-0.2, 0) is 19.6 Å². The highest BCUT2D eigenvalue weighted by Crippen LogP contribution is 2.40. The molecule has 0 radical (unpaired) electrons. The Labute approximate surface area is 244 Å². The van der Waals surface area contributed by atoms with Gasteiger partial charge in [-0.1, -0.05) is 23.2 Å². The monoisotopic (exact) mass is 592 g/mol. The van der Waals surface area contributed by atoms with Gasteiger partial charge >= 0.3 is 5.69 Å². The first-order chi connectivity index (χ1) is 19.3. The van der Waals surface area contributed by atoms with Gasteiger partial charge in [-0.2, -0.15) is 5.26 Å². The van der Waals surface area contributed by atoms with Crippen molar-refractivity contribution < 1.29 is 0 Å². The Morgan fingerprint density at radius 1 is 1.12 bits per heavy atom. The molecule has 0 amide bonds. The molecule has 0 atom stereocenters. The van der Waals surface area contributed by atoms with E-state index in [1.165, 1.54) is 26.7 Å². The first-order valence-electron chi connectivity index (χ1n) is 13.1. The third-order valence-electron chi connectivity index (χ3n) is 7.70. The van der Waals surface area contributed by atoms with Crippen LogP contribution < -0.4 is 16.6 Å². The van der Waals surface area contributed by atoms with Crippen molar-refractivity contribution in [3.05, 3.63) is 84.7 Å². The van der Waals surface area contributed by atoms with Crippen LogP contribution in [0.15, 0.2) is 58.5 Å². The van der Waals surface area contributed by atoms with Crippen molar-refractivity contribution in [2.75, 3.05) is 13.1 Å². The Hall–Kier alpha value is -3.42. The largest absolute Gasteiger partial charge is 0.345 e. The highest BCUT2D eigenvalue weighted by Gasteiger charge is 2.33. The fourth-order valence-electron chi connectivity index (χ4n) is 5.60. The lowest BCUT2D eigenvalue weighted by Crippen LogP contribution is -2.39. The first kappa shape index (κ1) is 26.8. The van der Waals surface area contributed by atoms with Crippen molar-refractivity contribution in [1.29, 1.82) is 5.26 Å². The van der Waals surface area contributed by atoms with Gasteiger partial charge in [-0.15, -0.1) is 11.3 Å². The van der Waals surface area contributed by atoms with E-state index in [2.05, 4.69) is 20.9 Å². The number of piperidine rings is 1. The number of benzene rings is 1. The van der Waals surface area contributed by atoms with Gasteiger partial charge in [0.2, 0.25) is 0 Å². The summed E-state index contributed by atoms with van der Waals surface area (Å²) in [7, 11) is 0. The molecule has 4 aromatic heterocycles. The standard InChI is InChI=1S/C29H26Cl2N6O2S/c1-2-35-15-23(31)27(38)37(28(35)39)14-20-13-24-26(40-20)21(3-7-34-24)22-12-19(30)11-18-4-10-36(25(18)22)17-29(16-32)5-8-33-9-6-29/h3-4,7,10-13,15,33H,2,5-6,8-9,14,17H2,1H3. The lowest BCUT2D eigenvalue weighted by atomic mass is 9.80. The molecule has 1 N–H and O–H groups in total. The summed E-state index contributed by atoms with van der Waals surface area (Å²) < 4.78 is 5.69. The van der Waals surface area contributed by atoms with Crippen LogP contribution in [0.2, 0.25) is 10.0 Å². The van der Waals surface area contributed by atoms with Crippen molar-refractivity contribution in [2.45, 2.75) is 39.4 Å². The molecule has 11 heteroatoms. The van der Waals surface area contributed by atoms with Crippen LogP contribution in [0, 0.1) is 16.7 Å². The van der Waals surface area contributed by atoms with E-state index in [0.717, 1.165) is 63.1 Å². The van der Waals surface area contributed by atoms with E-state index in [9.17, 15) is 14.9 Å². The van der Waals surface area contributed by atoms with Crippen LogP contribution in [0.4, 0.5) is 0 Å². The number of rotatable bonds is 6. The Kier molecular flexibility index (Phi) is 7.05. The fourth-order valence-corrected chi connectivity index (χ4v) is 7.18. The topological polar surface area (TPSA) is 97.6 Å². The Morgan fingerprint density at radius 3 is 2.67 bits per heavy atom. The van der Waals surface area contributed by atoms with Crippen LogP contribution in [0.1, 0.15) is 24.6 Å². The number of pyridine rings is 1. The SMILES string of the molecule is CCn1cc(Cl)c(=O)n(Cc2cc3nccc(-c4cc(Cl)cc5ccn(CC6(C#N)CCNCC6)c45)c3s2)c1=O. The molecular formula is C29H26Cl2N6O2S. The molecule has 5 heterocycles. The molecule has 0 spiro atoms. The van der Waals surface area contributed by atoms with Crippen LogP contribution >= 0.6 is 34.5 Å². The number of nitrogens with zero attached hydrogens (tertiary/aromatic N) is 5. The number of hydrogen-bond acceptors (Lipinski definition) is 6. The predicted molar refractivity (Wildman–Crippen MR) is 160 cm³/mol. The molecule has 204 valence electrons. The normalized spacial score (nSPS) is 15.1. The second-order valence-electron chi connectivity index (χ2n) is 10.2. The van der Waals surface area contributed by atoms with Crippen molar-refractivity contribution in [3.8, 4) is 17.2 Å². The summed E-state index contributed by atoms with van der Waals surface area (Å²) in [5, 5.41) is 15.1. The highest BCUT2D eigenvalue weighted by molar-refractivity contribution is 7.19. The summed E-state index contributed by atoms with van der Waals surface area (Å²) in [5.74, 6) is 0. The van der Waals surface area contributed by atoms with Gasteiger partial charge in [-0.25, -0.2) is 4.79 Å². The Bertz CT molecular complexity index is 1920. The Morgan fingerprint density at radius 2 is 1.93 bits per heavy atom. The maximum Gasteiger partial charge on any atom is 0.331 e. The molecular weight excluding hydrogens is 567 g/mol. The van der Waals surface area contributed by atoms with Gasteiger partial charge in [0.15, 0.2) is 0 Å². The van der Waals surface area contributed by atoms with Gasteiger partial charge in [-0.3, -0.25) is 18.9 Å². The molecule has 6 rings (SSSR count). The van der Waals surface area contributed by atoms with E-state index in [0.29, 0.717) is 18.1 Å². The molecule has 1 aromatic carbocycles. The average molecular weight is 594 g/mol. The zero-order chi connectivity index (χ0) is 28.0. The lowest BCUT2D eigenvalue weighted by molar-refractivity contribution is 0.247. The second kappa shape index (κ2) is 10.5. The van der Waals surface area contributed by atoms with E-state index >= 15 is 0 Å². The fraction of sp³-hybridized carbons (Fsp3) is 0.310.